The molecule has 2 aromatic rings. The summed E-state index contributed by atoms with van der Waals surface area (Å²) in [7, 11) is 0. The summed E-state index contributed by atoms with van der Waals surface area (Å²) in [6, 6.07) is 6.52. The van der Waals surface area contributed by atoms with E-state index in [2.05, 4.69) is 0 Å². The first-order valence-electron chi connectivity index (χ1n) is 12.1. The maximum absolute atomic E-state index is 14.0. The number of aliphatic hydroxyl groups excluding tert-OH is 2. The Balaban J connectivity index is 1.63. The molecule has 2 N–H and O–H groups in total. The number of hydrogen-bond acceptors (Lipinski definition) is 9. The van der Waals surface area contributed by atoms with Crippen molar-refractivity contribution >= 4 is 40.4 Å². The Morgan fingerprint density at radius 1 is 0.816 bits per heavy atom. The second-order valence-corrected chi connectivity index (χ2v) is 10.2. The van der Waals surface area contributed by atoms with Crippen molar-refractivity contribution in [2.75, 3.05) is 25.0 Å². The van der Waals surface area contributed by atoms with Crippen LogP contribution in [0.15, 0.2) is 36.4 Å². The van der Waals surface area contributed by atoms with Crippen LogP contribution in [0.1, 0.15) is 22.3 Å². The van der Waals surface area contributed by atoms with Gasteiger partial charge in [0.05, 0.1) is 35.1 Å². The molecular formula is C25H28Cl2N4O7. The number of halogens is 2. The predicted octanol–water partition coefficient (Wildman–Crippen LogP) is 2.43. The summed E-state index contributed by atoms with van der Waals surface area (Å²) in [4.78, 5) is 39.1. The van der Waals surface area contributed by atoms with E-state index in [9.17, 15) is 35.2 Å². The molecule has 2 heterocycles. The van der Waals surface area contributed by atoms with Crippen molar-refractivity contribution in [3.63, 3.8) is 0 Å². The second kappa shape index (κ2) is 12.0. The van der Waals surface area contributed by atoms with Crippen LogP contribution in [0.25, 0.3) is 0 Å². The first-order valence-corrected chi connectivity index (χ1v) is 13.2. The topological polar surface area (TPSA) is 150 Å². The van der Waals surface area contributed by atoms with Gasteiger partial charge in [-0.3, -0.25) is 34.8 Å². The number of nitro benzene ring substituents is 2. The molecule has 0 spiro atoms. The zero-order valence-corrected chi connectivity index (χ0v) is 21.9. The van der Waals surface area contributed by atoms with Gasteiger partial charge < -0.3 is 10.2 Å². The zero-order valence-electron chi connectivity index (χ0n) is 20.4. The number of hydrogen-bond donors (Lipinski definition) is 2. The molecule has 4 unspecified atom stereocenters. The Morgan fingerprint density at radius 2 is 1.21 bits per heavy atom. The van der Waals surface area contributed by atoms with Crippen molar-refractivity contribution in [3.8, 4) is 0 Å². The van der Waals surface area contributed by atoms with E-state index in [4.69, 9.17) is 23.2 Å². The molecule has 38 heavy (non-hydrogen) atoms. The molecule has 0 fully saturated rings. The molecule has 4 rings (SSSR count). The molecule has 0 saturated carbocycles. The third kappa shape index (κ3) is 5.54. The number of nitro groups is 2. The van der Waals surface area contributed by atoms with Crippen LogP contribution in [-0.4, -0.2) is 84.8 Å². The normalized spacial score (nSPS) is 21.3. The van der Waals surface area contributed by atoms with Gasteiger partial charge in [0.15, 0.2) is 5.78 Å². The lowest BCUT2D eigenvalue weighted by molar-refractivity contribution is -0.385. The minimum absolute atomic E-state index is 0.0644. The Morgan fingerprint density at radius 3 is 1.53 bits per heavy atom. The maximum atomic E-state index is 14.0. The smallest absolute Gasteiger partial charge is 0.269 e. The Hall–Kier alpha value is -2.67. The summed E-state index contributed by atoms with van der Waals surface area (Å²) in [5.41, 5.74) is 2.95. The van der Waals surface area contributed by atoms with E-state index in [1.54, 1.807) is 21.9 Å². The highest BCUT2D eigenvalue weighted by Crippen LogP contribution is 2.32. The molecule has 0 amide bonds. The average Bonchev–Trinajstić information content (AvgIpc) is 2.92. The predicted molar refractivity (Wildman–Crippen MR) is 140 cm³/mol. The molecule has 2 aliphatic heterocycles. The highest BCUT2D eigenvalue weighted by atomic mass is 35.5. The number of fused-ring (bicyclic) bond motifs is 2. The molecule has 0 aliphatic carbocycles. The van der Waals surface area contributed by atoms with Gasteiger partial charge >= 0.3 is 0 Å². The SMILES string of the molecule is O=C(C(CCl)N1Cc2cc([N+](=O)[O-])ccc2CC1CO)C(CCl)N1Cc2cc([N+](=O)[O-])ccc2CC1CO. The summed E-state index contributed by atoms with van der Waals surface area (Å²) in [5.74, 6) is -0.519. The quantitative estimate of drug-likeness (QED) is 0.251. The van der Waals surface area contributed by atoms with E-state index in [1.807, 2.05) is 0 Å². The van der Waals surface area contributed by atoms with E-state index < -0.39 is 34.0 Å². The molecule has 4 atom stereocenters. The van der Waals surface area contributed by atoms with Gasteiger partial charge in [0.2, 0.25) is 0 Å². The van der Waals surface area contributed by atoms with E-state index in [1.165, 1.54) is 24.3 Å². The molecule has 2 aliphatic rings. The minimum Gasteiger partial charge on any atom is -0.395 e. The molecule has 0 aromatic heterocycles. The van der Waals surface area contributed by atoms with E-state index in [0.717, 1.165) is 11.1 Å². The van der Waals surface area contributed by atoms with Crippen molar-refractivity contribution in [2.45, 2.75) is 50.1 Å². The number of alkyl halides is 2. The summed E-state index contributed by atoms with van der Waals surface area (Å²) in [5, 5.41) is 42.9. The van der Waals surface area contributed by atoms with Crippen LogP contribution < -0.4 is 0 Å². The molecular weight excluding hydrogens is 539 g/mol. The summed E-state index contributed by atoms with van der Waals surface area (Å²) in [6.45, 7) is -0.136. The van der Waals surface area contributed by atoms with Gasteiger partial charge in [-0.1, -0.05) is 12.1 Å². The Labute approximate surface area is 228 Å². The fraction of sp³-hybridized carbons (Fsp3) is 0.480. The molecule has 0 radical (unpaired) electrons. The van der Waals surface area contributed by atoms with Crippen molar-refractivity contribution in [3.05, 3.63) is 78.9 Å². The number of nitrogens with zero attached hydrogens (tertiary/aromatic N) is 4. The molecule has 0 bridgehead atoms. The van der Waals surface area contributed by atoms with Crippen LogP contribution in [0, 0.1) is 20.2 Å². The van der Waals surface area contributed by atoms with Gasteiger partial charge in [-0.2, -0.15) is 0 Å². The van der Waals surface area contributed by atoms with Crippen LogP contribution in [0.3, 0.4) is 0 Å². The monoisotopic (exact) mass is 566 g/mol. The number of Topliss-reactive ketones (excluding diaryl/α,β-unsaturated/α-hetero) is 1. The van der Waals surface area contributed by atoms with Gasteiger partial charge in [-0.05, 0) is 35.1 Å². The molecule has 204 valence electrons. The third-order valence-corrected chi connectivity index (χ3v) is 8.11. The van der Waals surface area contributed by atoms with E-state index in [-0.39, 0.29) is 55.2 Å². The first-order chi connectivity index (χ1) is 18.2. The molecule has 0 saturated heterocycles. The molecule has 11 nitrogen and oxygen atoms in total. The summed E-state index contributed by atoms with van der Waals surface area (Å²) in [6.07, 6.45) is 0.770. The van der Waals surface area contributed by atoms with Crippen molar-refractivity contribution < 1.29 is 24.9 Å². The van der Waals surface area contributed by atoms with Crippen LogP contribution in [0.2, 0.25) is 0 Å². The highest BCUT2D eigenvalue weighted by Gasteiger charge is 2.42. The largest absolute Gasteiger partial charge is 0.395 e. The maximum Gasteiger partial charge on any atom is 0.269 e. The third-order valence-electron chi connectivity index (χ3n) is 7.53. The average molecular weight is 567 g/mol. The summed E-state index contributed by atoms with van der Waals surface area (Å²) < 4.78 is 0. The number of aliphatic hydroxyl groups is 2. The van der Waals surface area contributed by atoms with Gasteiger partial charge in [-0.25, -0.2) is 0 Å². The van der Waals surface area contributed by atoms with Gasteiger partial charge in [-0.15, -0.1) is 23.2 Å². The van der Waals surface area contributed by atoms with Crippen LogP contribution in [0.5, 0.6) is 0 Å². The molecule has 2 aromatic carbocycles. The number of carbonyl (C=O) groups excluding carboxylic acids is 1. The lowest BCUT2D eigenvalue weighted by Gasteiger charge is -2.44. The van der Waals surface area contributed by atoms with E-state index in [0.29, 0.717) is 24.0 Å². The standard InChI is InChI=1S/C25H28Cl2N4O7/c26-9-23(28-11-17-7-19(30(35)36)3-1-15(17)5-21(28)13-32)25(34)24(10-27)29-12-18-8-20(31(37)38)4-2-16(18)6-22(29)14-33/h1-4,7-8,21-24,32-33H,5-6,9-14H2. The minimum atomic E-state index is -0.865. The number of rotatable bonds is 10. The van der Waals surface area contributed by atoms with Crippen molar-refractivity contribution in [1.82, 2.24) is 9.80 Å². The lowest BCUT2D eigenvalue weighted by atomic mass is 9.89. The fourth-order valence-corrected chi connectivity index (χ4v) is 6.14. The number of carbonyl (C=O) groups is 1. The van der Waals surface area contributed by atoms with Crippen LogP contribution in [0.4, 0.5) is 11.4 Å². The van der Waals surface area contributed by atoms with Gasteiger partial charge in [0.1, 0.15) is 0 Å². The Bertz CT molecular complexity index is 1140. The van der Waals surface area contributed by atoms with Gasteiger partial charge in [0.25, 0.3) is 11.4 Å². The van der Waals surface area contributed by atoms with Gasteiger partial charge in [0, 0.05) is 61.2 Å². The zero-order chi connectivity index (χ0) is 27.6. The Kier molecular flexibility index (Phi) is 8.96. The van der Waals surface area contributed by atoms with Crippen molar-refractivity contribution in [1.29, 1.82) is 0 Å². The number of non-ortho nitro benzene ring substituents is 2. The van der Waals surface area contributed by atoms with E-state index >= 15 is 0 Å². The van der Waals surface area contributed by atoms with Crippen LogP contribution >= 0.6 is 23.2 Å². The number of ketones is 1. The summed E-state index contributed by atoms with van der Waals surface area (Å²) >= 11 is 12.7. The molecule has 13 heteroatoms. The first kappa shape index (κ1) is 28.3. The lowest BCUT2D eigenvalue weighted by Crippen LogP contribution is -2.60. The fourth-order valence-electron chi connectivity index (χ4n) is 5.48. The number of benzene rings is 2. The second-order valence-electron chi connectivity index (χ2n) is 9.59. The van der Waals surface area contributed by atoms with Crippen LogP contribution in [-0.2, 0) is 30.7 Å². The van der Waals surface area contributed by atoms with Crippen molar-refractivity contribution in [2.24, 2.45) is 0 Å². The highest BCUT2D eigenvalue weighted by molar-refractivity contribution is 6.22.